The van der Waals surface area contributed by atoms with E-state index < -0.39 is 42.4 Å². The highest BCUT2D eigenvalue weighted by molar-refractivity contribution is 8.07. The van der Waals surface area contributed by atoms with Crippen LogP contribution in [0.2, 0.25) is 0 Å². The Morgan fingerprint density at radius 1 is 1.26 bits per heavy atom. The third-order valence-corrected chi connectivity index (χ3v) is 6.84. The van der Waals surface area contributed by atoms with E-state index in [0.717, 1.165) is 0 Å². The van der Waals surface area contributed by atoms with Crippen LogP contribution in [0.4, 0.5) is 5.95 Å². The zero-order valence-corrected chi connectivity index (χ0v) is 22.9. The number of imidazole rings is 1. The van der Waals surface area contributed by atoms with Gasteiger partial charge in [-0.2, -0.15) is 4.98 Å². The molecule has 2 aromatic rings. The number of ether oxygens (including phenoxy) is 3. The van der Waals surface area contributed by atoms with Gasteiger partial charge in [-0.05, 0) is 44.4 Å². The maximum absolute atomic E-state index is 12.3. The fraction of sp³-hybridized carbons (Fsp3) is 0.762. The van der Waals surface area contributed by atoms with Crippen LogP contribution in [0.15, 0.2) is 11.1 Å². The fourth-order valence-electron chi connectivity index (χ4n) is 3.92. The van der Waals surface area contributed by atoms with Gasteiger partial charge >= 0.3 is 6.72 Å². The molecule has 3 heterocycles. The summed E-state index contributed by atoms with van der Waals surface area (Å²) in [5.74, 6) is -0.0532. The van der Waals surface area contributed by atoms with Crippen LogP contribution in [-0.4, -0.2) is 68.6 Å². The molecule has 1 aliphatic rings. The molecule has 2 unspecified atom stereocenters. The maximum Gasteiger partial charge on any atom is 0.325 e. The number of nitrogen functional groups attached to an aromatic ring is 1. The largest absolute Gasteiger partial charge is 0.382 e. The Hall–Kier alpha value is -1.44. The smallest absolute Gasteiger partial charge is 0.325 e. The Bertz CT molecular complexity index is 1130. The molecule has 0 aromatic carbocycles. The van der Waals surface area contributed by atoms with Crippen molar-refractivity contribution in [1.29, 1.82) is 0 Å². The van der Waals surface area contributed by atoms with E-state index in [2.05, 4.69) is 35.7 Å². The standard InChI is InChI=1S/C21H36N5O7PS/c1-20(2,3)10-12-14(32-34(28,35)33-21(4,5)6)15(30-9-8-29-7)18(31-12)26-11-23-13-16(26)24-19(22)25-17(13)27/h11-12,14-15,18H,8-10H2,1-7H3,(H,28,35)(H3,22,24,25,27)/t12-,14+,15?,18-,34?/m1/s1. The van der Waals surface area contributed by atoms with Crippen LogP contribution in [0.25, 0.3) is 11.2 Å². The van der Waals surface area contributed by atoms with Gasteiger partial charge in [0.1, 0.15) is 12.2 Å². The minimum atomic E-state index is -3.68. The van der Waals surface area contributed by atoms with Crippen molar-refractivity contribution in [3.05, 3.63) is 16.7 Å². The van der Waals surface area contributed by atoms with Crippen LogP contribution < -0.4 is 11.3 Å². The first-order chi connectivity index (χ1) is 16.1. The number of nitrogens with zero attached hydrogens (tertiary/aromatic N) is 3. The van der Waals surface area contributed by atoms with Crippen LogP contribution in [0.1, 0.15) is 54.2 Å². The van der Waals surface area contributed by atoms with Crippen molar-refractivity contribution in [2.45, 2.75) is 78.1 Å². The predicted octanol–water partition coefficient (Wildman–Crippen LogP) is 2.48. The highest BCUT2D eigenvalue weighted by Crippen LogP contribution is 2.53. The SMILES string of the molecule is COCCOC1[C@@H](OP(O)(=S)OC(C)(C)C)[C@@H](CC(C)(C)C)O[C@H]1n1cnc2c(=O)[nH]c(N)nc21. The summed E-state index contributed by atoms with van der Waals surface area (Å²) in [6, 6.07) is 0. The summed E-state index contributed by atoms with van der Waals surface area (Å²) in [7, 11) is 1.56. The third-order valence-electron chi connectivity index (χ3n) is 5.07. The van der Waals surface area contributed by atoms with E-state index in [1.54, 1.807) is 32.4 Å². The molecule has 35 heavy (non-hydrogen) atoms. The van der Waals surface area contributed by atoms with Gasteiger partial charge in [-0.15, -0.1) is 0 Å². The average Bonchev–Trinajstić information content (AvgIpc) is 3.21. The van der Waals surface area contributed by atoms with Crippen LogP contribution in [-0.2, 0) is 35.1 Å². The maximum atomic E-state index is 12.3. The molecule has 1 saturated heterocycles. The Morgan fingerprint density at radius 3 is 2.54 bits per heavy atom. The van der Waals surface area contributed by atoms with Gasteiger partial charge in [0.15, 0.2) is 17.4 Å². The Kier molecular flexibility index (Phi) is 8.45. The molecule has 198 valence electrons. The van der Waals surface area contributed by atoms with Gasteiger partial charge in [-0.1, -0.05) is 20.8 Å². The minimum absolute atomic E-state index is 0.0532. The number of aromatic nitrogens is 4. The zero-order chi connectivity index (χ0) is 26.2. The molecule has 5 atom stereocenters. The third kappa shape index (κ3) is 7.30. The average molecular weight is 534 g/mol. The summed E-state index contributed by atoms with van der Waals surface area (Å²) in [5, 5.41) is 0. The van der Waals surface area contributed by atoms with E-state index in [4.69, 9.17) is 40.8 Å². The summed E-state index contributed by atoms with van der Waals surface area (Å²) < 4.78 is 31.1. The van der Waals surface area contributed by atoms with Gasteiger partial charge in [0, 0.05) is 7.11 Å². The molecule has 0 amide bonds. The first kappa shape index (κ1) is 28.1. The molecule has 1 fully saturated rings. The molecule has 12 nitrogen and oxygen atoms in total. The Balaban J connectivity index is 2.06. The summed E-state index contributed by atoms with van der Waals surface area (Å²) in [4.78, 5) is 34.1. The first-order valence-corrected chi connectivity index (χ1v) is 13.9. The molecular weight excluding hydrogens is 497 g/mol. The van der Waals surface area contributed by atoms with Crippen molar-refractivity contribution in [1.82, 2.24) is 19.5 Å². The van der Waals surface area contributed by atoms with Crippen LogP contribution in [0.3, 0.4) is 0 Å². The van der Waals surface area contributed by atoms with Crippen molar-refractivity contribution >= 4 is 35.6 Å². The number of aromatic amines is 1. The van der Waals surface area contributed by atoms with Gasteiger partial charge in [0.05, 0.1) is 31.2 Å². The molecule has 0 saturated carbocycles. The Labute approximate surface area is 209 Å². The number of hydrogen-bond acceptors (Lipinski definition) is 10. The molecule has 3 rings (SSSR count). The van der Waals surface area contributed by atoms with Gasteiger partial charge in [-0.25, -0.2) is 4.98 Å². The molecular formula is C21H36N5O7PS. The van der Waals surface area contributed by atoms with Crippen molar-refractivity contribution in [3.8, 4) is 0 Å². The second-order valence-electron chi connectivity index (χ2n) is 10.7. The van der Waals surface area contributed by atoms with E-state index in [0.29, 0.717) is 13.0 Å². The van der Waals surface area contributed by atoms with Crippen molar-refractivity contribution < 1.29 is 28.2 Å². The highest BCUT2D eigenvalue weighted by Gasteiger charge is 2.51. The van der Waals surface area contributed by atoms with Crippen molar-refractivity contribution in [2.75, 3.05) is 26.1 Å². The molecule has 0 aliphatic carbocycles. The number of fused-ring (bicyclic) bond motifs is 1. The van der Waals surface area contributed by atoms with Gasteiger partial charge in [-0.3, -0.25) is 18.9 Å². The number of hydrogen-bond donors (Lipinski definition) is 3. The van der Waals surface area contributed by atoms with Gasteiger partial charge in [0.25, 0.3) is 5.56 Å². The molecule has 4 N–H and O–H groups in total. The van der Waals surface area contributed by atoms with Gasteiger partial charge in [0.2, 0.25) is 5.95 Å². The molecule has 14 heteroatoms. The van der Waals surface area contributed by atoms with Gasteiger partial charge < -0.3 is 29.4 Å². The second kappa shape index (κ2) is 10.5. The highest BCUT2D eigenvalue weighted by atomic mass is 32.5. The predicted molar refractivity (Wildman–Crippen MR) is 134 cm³/mol. The van der Waals surface area contributed by atoms with Crippen molar-refractivity contribution in [3.63, 3.8) is 0 Å². The molecule has 2 aromatic heterocycles. The fourth-order valence-corrected chi connectivity index (χ4v) is 6.19. The number of nitrogens with two attached hydrogens (primary N) is 1. The van der Waals surface area contributed by atoms with Crippen molar-refractivity contribution in [2.24, 2.45) is 5.41 Å². The summed E-state index contributed by atoms with van der Waals surface area (Å²) in [5.41, 5.74) is 4.78. The van der Waals surface area contributed by atoms with Crippen LogP contribution in [0.5, 0.6) is 0 Å². The number of anilines is 1. The summed E-state index contributed by atoms with van der Waals surface area (Å²) in [6.45, 7) is 8.41. The topological polar surface area (TPSA) is 156 Å². The lowest BCUT2D eigenvalue weighted by Crippen LogP contribution is -2.38. The van der Waals surface area contributed by atoms with E-state index in [-0.39, 0.29) is 29.1 Å². The zero-order valence-electron chi connectivity index (χ0n) is 21.2. The van der Waals surface area contributed by atoms with E-state index in [9.17, 15) is 9.69 Å². The second-order valence-corrected chi connectivity index (χ2v) is 13.4. The number of rotatable bonds is 9. The van der Waals surface area contributed by atoms with E-state index >= 15 is 0 Å². The quantitative estimate of drug-likeness (QED) is 0.321. The van der Waals surface area contributed by atoms with Crippen LogP contribution >= 0.6 is 6.72 Å². The molecule has 0 radical (unpaired) electrons. The first-order valence-electron chi connectivity index (χ1n) is 11.3. The lowest BCUT2D eigenvalue weighted by atomic mass is 9.87. The lowest BCUT2D eigenvalue weighted by molar-refractivity contribution is -0.0774. The van der Waals surface area contributed by atoms with E-state index in [1.165, 1.54) is 6.33 Å². The minimum Gasteiger partial charge on any atom is -0.382 e. The molecule has 0 spiro atoms. The van der Waals surface area contributed by atoms with E-state index in [1.807, 2.05) is 0 Å². The molecule has 0 bridgehead atoms. The number of methoxy groups -OCH3 is 1. The van der Waals surface area contributed by atoms with Crippen LogP contribution in [0, 0.1) is 5.41 Å². The monoisotopic (exact) mass is 533 g/mol. The number of H-pyrrole nitrogens is 1. The summed E-state index contributed by atoms with van der Waals surface area (Å²) in [6.07, 6.45) is -0.858. The summed E-state index contributed by atoms with van der Waals surface area (Å²) >= 11 is 5.35. The molecule has 1 aliphatic heterocycles. The lowest BCUT2D eigenvalue weighted by Gasteiger charge is -2.32. The Morgan fingerprint density at radius 2 is 1.94 bits per heavy atom. The normalized spacial score (nSPS) is 25.3. The number of nitrogens with one attached hydrogen (secondary N) is 1.